The summed E-state index contributed by atoms with van der Waals surface area (Å²) >= 11 is 0. The van der Waals surface area contributed by atoms with Gasteiger partial charge in [0, 0.05) is 24.0 Å². The van der Waals surface area contributed by atoms with Crippen molar-refractivity contribution in [3.05, 3.63) is 107 Å². The first kappa shape index (κ1) is 55.8. The standard InChI is InChI=1S/C63H84F4O4/c1-3-5-13-19-46-23-27-48(28-24-46)50-31-35-52(36-32-50)56-39-41-58(62(66)60(56)64)70-43-17-11-7-9-15-21-54(68)45-55(69)22-16-10-8-12-18-44-71-59-42-40-57(61(65)63(59)67)53-37-33-51(34-38-53)49-29-25-47(26-30-49)20-14-6-4-2/h31-42,46-49H,3-30,43-45H2,1-2H3. The van der Waals surface area contributed by atoms with Gasteiger partial charge in [-0.25, -0.2) is 8.78 Å². The van der Waals surface area contributed by atoms with Gasteiger partial charge in [-0.3, -0.25) is 9.59 Å². The minimum absolute atomic E-state index is 0.0274. The molecule has 71 heavy (non-hydrogen) atoms. The van der Waals surface area contributed by atoms with Crippen molar-refractivity contribution in [2.45, 2.75) is 212 Å². The zero-order valence-corrected chi connectivity index (χ0v) is 43.3. The Labute approximate surface area is 424 Å². The molecule has 8 heteroatoms. The fourth-order valence-corrected chi connectivity index (χ4v) is 11.2. The number of rotatable bonds is 32. The van der Waals surface area contributed by atoms with Crippen LogP contribution in [0.2, 0.25) is 0 Å². The second-order valence-electron chi connectivity index (χ2n) is 21.1. The highest BCUT2D eigenvalue weighted by molar-refractivity contribution is 5.99. The van der Waals surface area contributed by atoms with Crippen LogP contribution in [0.3, 0.4) is 0 Å². The van der Waals surface area contributed by atoms with Crippen molar-refractivity contribution in [3.63, 3.8) is 0 Å². The number of benzene rings is 4. The lowest BCUT2D eigenvalue weighted by atomic mass is 9.77. The molecule has 388 valence electrons. The molecule has 0 bridgehead atoms. The minimum atomic E-state index is -0.963. The molecule has 2 aliphatic carbocycles. The molecule has 4 nitrogen and oxygen atoms in total. The van der Waals surface area contributed by atoms with E-state index in [1.54, 1.807) is 12.1 Å². The minimum Gasteiger partial charge on any atom is -0.490 e. The van der Waals surface area contributed by atoms with Crippen LogP contribution in [0.15, 0.2) is 72.8 Å². The smallest absolute Gasteiger partial charge is 0.201 e. The zero-order valence-electron chi connectivity index (χ0n) is 43.3. The number of hydrogen-bond acceptors (Lipinski definition) is 4. The van der Waals surface area contributed by atoms with E-state index in [2.05, 4.69) is 38.1 Å². The predicted octanol–water partition coefficient (Wildman–Crippen LogP) is 19.0. The maximum atomic E-state index is 15.2. The Balaban J connectivity index is 0.757. The molecule has 2 aliphatic rings. The highest BCUT2D eigenvalue weighted by Gasteiger charge is 2.25. The monoisotopic (exact) mass is 981 g/mol. The first-order valence-electron chi connectivity index (χ1n) is 28.1. The Morgan fingerprint density at radius 1 is 0.423 bits per heavy atom. The number of unbranched alkanes of at least 4 members (excludes halogenated alkanes) is 12. The van der Waals surface area contributed by atoms with Gasteiger partial charge >= 0.3 is 0 Å². The number of hydrogen-bond donors (Lipinski definition) is 0. The summed E-state index contributed by atoms with van der Waals surface area (Å²) in [6.45, 7) is 5.05. The summed E-state index contributed by atoms with van der Waals surface area (Å²) in [6, 6.07) is 22.2. The van der Waals surface area contributed by atoms with Gasteiger partial charge < -0.3 is 9.47 Å². The first-order chi connectivity index (χ1) is 34.6. The van der Waals surface area contributed by atoms with E-state index in [4.69, 9.17) is 9.47 Å². The van der Waals surface area contributed by atoms with E-state index in [1.165, 1.54) is 126 Å². The molecule has 6 rings (SSSR count). The molecular formula is C63H84F4O4. The Morgan fingerprint density at radius 3 is 1.17 bits per heavy atom. The van der Waals surface area contributed by atoms with Crippen molar-refractivity contribution < 1.29 is 36.6 Å². The highest BCUT2D eigenvalue weighted by Crippen LogP contribution is 2.41. The van der Waals surface area contributed by atoms with Gasteiger partial charge in [-0.2, -0.15) is 8.78 Å². The normalized spacial score (nSPS) is 18.1. The molecular weight excluding hydrogens is 897 g/mol. The van der Waals surface area contributed by atoms with Crippen molar-refractivity contribution in [1.29, 1.82) is 0 Å². The summed E-state index contributed by atoms with van der Waals surface area (Å²) in [6.07, 6.45) is 29.1. The number of Topliss-reactive ketones (excluding diaryl/α,β-unsaturated/α-hetero) is 2. The van der Waals surface area contributed by atoms with Gasteiger partial charge in [0.2, 0.25) is 11.6 Å². The van der Waals surface area contributed by atoms with Gasteiger partial charge in [0.1, 0.15) is 11.6 Å². The van der Waals surface area contributed by atoms with Crippen molar-refractivity contribution in [1.82, 2.24) is 0 Å². The lowest BCUT2D eigenvalue weighted by Crippen LogP contribution is -2.13. The SMILES string of the molecule is CCCCCC1CCC(c2ccc(-c3ccc(OCCCCCCCC(=O)CC(=O)CCCCCCCOc4ccc(-c5ccc(C6CCC(CCCCC)CC6)cc5)c(F)c4F)c(F)c3F)cc2)CC1. The molecule has 0 aromatic heterocycles. The average Bonchev–Trinajstić information content (AvgIpc) is 3.38. The fraction of sp³-hybridized carbons (Fsp3) is 0.587. The zero-order chi connectivity index (χ0) is 50.2. The Kier molecular flexibility index (Phi) is 24.0. The summed E-state index contributed by atoms with van der Waals surface area (Å²) in [5, 5.41) is 0. The van der Waals surface area contributed by atoms with Crippen LogP contribution in [0.25, 0.3) is 22.3 Å². The second kappa shape index (κ2) is 30.5. The summed E-state index contributed by atoms with van der Waals surface area (Å²) < 4.78 is 71.8. The van der Waals surface area contributed by atoms with E-state index in [9.17, 15) is 9.59 Å². The van der Waals surface area contributed by atoms with Gasteiger partial charge in [-0.05, 0) is 147 Å². The summed E-state index contributed by atoms with van der Waals surface area (Å²) in [4.78, 5) is 24.9. The van der Waals surface area contributed by atoms with Crippen LogP contribution in [0.4, 0.5) is 17.6 Å². The largest absolute Gasteiger partial charge is 0.490 e. The number of ketones is 2. The lowest BCUT2D eigenvalue weighted by Gasteiger charge is -2.29. The molecule has 4 aromatic carbocycles. The van der Waals surface area contributed by atoms with Crippen LogP contribution < -0.4 is 9.47 Å². The van der Waals surface area contributed by atoms with E-state index < -0.39 is 23.3 Å². The van der Waals surface area contributed by atoms with Crippen LogP contribution in [0, 0.1) is 35.1 Å². The van der Waals surface area contributed by atoms with Crippen molar-refractivity contribution in [2.24, 2.45) is 11.8 Å². The molecule has 0 saturated heterocycles. The molecule has 0 aliphatic heterocycles. The molecule has 2 saturated carbocycles. The topological polar surface area (TPSA) is 52.6 Å². The molecule has 2 fully saturated rings. The van der Waals surface area contributed by atoms with Crippen LogP contribution in [0.5, 0.6) is 11.5 Å². The number of ether oxygens (including phenoxy) is 2. The van der Waals surface area contributed by atoms with Gasteiger partial charge in [0.25, 0.3) is 0 Å². The summed E-state index contributed by atoms with van der Waals surface area (Å²) in [7, 11) is 0. The number of carbonyl (C=O) groups is 2. The van der Waals surface area contributed by atoms with E-state index in [-0.39, 0.29) is 53.8 Å². The van der Waals surface area contributed by atoms with E-state index in [1.807, 2.05) is 24.3 Å². The van der Waals surface area contributed by atoms with Crippen LogP contribution in [0.1, 0.15) is 223 Å². The quantitative estimate of drug-likeness (QED) is 0.0278. The molecule has 0 spiro atoms. The highest BCUT2D eigenvalue weighted by atomic mass is 19.2. The maximum Gasteiger partial charge on any atom is 0.201 e. The molecule has 0 radical (unpaired) electrons. The maximum absolute atomic E-state index is 15.2. The molecule has 0 N–H and O–H groups in total. The van der Waals surface area contributed by atoms with Crippen molar-refractivity contribution >= 4 is 11.6 Å². The molecule has 0 atom stereocenters. The molecule has 4 aromatic rings. The second-order valence-corrected chi connectivity index (χ2v) is 21.1. The predicted molar refractivity (Wildman–Crippen MR) is 282 cm³/mol. The summed E-state index contributed by atoms with van der Waals surface area (Å²) in [5.41, 5.74) is 4.37. The van der Waals surface area contributed by atoms with Crippen molar-refractivity contribution in [3.8, 4) is 33.8 Å². The van der Waals surface area contributed by atoms with Gasteiger partial charge in [-0.1, -0.05) is 152 Å². The first-order valence-corrected chi connectivity index (χ1v) is 28.1. The van der Waals surface area contributed by atoms with Gasteiger partial charge in [0.05, 0.1) is 19.6 Å². The third-order valence-corrected chi connectivity index (χ3v) is 15.7. The number of carbonyl (C=O) groups excluding carboxylic acids is 2. The van der Waals surface area contributed by atoms with Gasteiger partial charge in [0.15, 0.2) is 23.1 Å². The molecule has 0 amide bonds. The summed E-state index contributed by atoms with van der Waals surface area (Å²) in [5.74, 6) is -1.15. The third-order valence-electron chi connectivity index (χ3n) is 15.7. The van der Waals surface area contributed by atoms with Gasteiger partial charge in [-0.15, -0.1) is 0 Å². The third kappa shape index (κ3) is 17.9. The molecule has 0 heterocycles. The van der Waals surface area contributed by atoms with E-state index >= 15 is 17.6 Å². The van der Waals surface area contributed by atoms with Crippen LogP contribution in [-0.2, 0) is 9.59 Å². The van der Waals surface area contributed by atoms with Crippen molar-refractivity contribution in [2.75, 3.05) is 13.2 Å². The Morgan fingerprint density at radius 2 is 0.789 bits per heavy atom. The van der Waals surface area contributed by atoms with E-state index in [0.29, 0.717) is 61.5 Å². The van der Waals surface area contributed by atoms with E-state index in [0.717, 1.165) is 50.4 Å². The Bertz CT molecular complexity index is 2030. The lowest BCUT2D eigenvalue weighted by molar-refractivity contribution is -0.127. The molecule has 0 unspecified atom stereocenters. The average molecular weight is 981 g/mol. The Hall–Kier alpha value is -4.46. The fourth-order valence-electron chi connectivity index (χ4n) is 11.2. The van der Waals surface area contributed by atoms with Crippen LogP contribution >= 0.6 is 0 Å². The van der Waals surface area contributed by atoms with Crippen LogP contribution in [-0.4, -0.2) is 24.8 Å². The number of halogens is 4.